The number of aliphatic carboxylic acids is 1. The van der Waals surface area contributed by atoms with Crippen molar-refractivity contribution in [2.75, 3.05) is 18.9 Å². The van der Waals surface area contributed by atoms with E-state index in [9.17, 15) is 18.3 Å². The third kappa shape index (κ3) is 8.42. The molecule has 3 aromatic rings. The molecule has 0 saturated carbocycles. The lowest BCUT2D eigenvalue weighted by Crippen LogP contribution is -2.38. The monoisotopic (exact) mass is 582 g/mol. The van der Waals surface area contributed by atoms with E-state index in [0.29, 0.717) is 44.7 Å². The van der Waals surface area contributed by atoms with Crippen molar-refractivity contribution in [2.24, 2.45) is 0 Å². The molecule has 0 spiro atoms. The minimum absolute atomic E-state index is 0.00760. The van der Waals surface area contributed by atoms with Gasteiger partial charge in [0.1, 0.15) is 11.5 Å². The predicted octanol–water partition coefficient (Wildman–Crippen LogP) is 6.34. The summed E-state index contributed by atoms with van der Waals surface area (Å²) in [4.78, 5) is 16.0. The lowest BCUT2D eigenvalue weighted by atomic mass is 9.92. The molecular formula is C32H42N2O6S. The minimum Gasteiger partial charge on any atom is -0.493 e. The van der Waals surface area contributed by atoms with E-state index < -0.39 is 16.0 Å². The second kappa shape index (κ2) is 14.6. The third-order valence-corrected chi connectivity index (χ3v) is 9.60. The number of sulfonamides is 1. The SMILES string of the molecule is CCCCCCCCS(=O)(=O)N1CCc2c(OCCc3nc(-c4ccccc4)oc3C)ccc(CCC(=O)O)c2C1. The van der Waals surface area contributed by atoms with Crippen LogP contribution in [0, 0.1) is 6.92 Å². The molecule has 4 rings (SSSR count). The lowest BCUT2D eigenvalue weighted by molar-refractivity contribution is -0.136. The van der Waals surface area contributed by atoms with Crippen molar-refractivity contribution < 1.29 is 27.5 Å². The zero-order chi connectivity index (χ0) is 29.2. The molecule has 0 fully saturated rings. The number of aromatic nitrogens is 1. The molecule has 0 bridgehead atoms. The smallest absolute Gasteiger partial charge is 0.303 e. The minimum atomic E-state index is -3.40. The average molecular weight is 583 g/mol. The summed E-state index contributed by atoms with van der Waals surface area (Å²) in [6.45, 7) is 5.10. The summed E-state index contributed by atoms with van der Waals surface area (Å²) in [5.41, 5.74) is 4.48. The molecule has 1 aliphatic rings. The van der Waals surface area contributed by atoms with Crippen molar-refractivity contribution in [3.8, 4) is 17.2 Å². The van der Waals surface area contributed by atoms with E-state index in [1.54, 1.807) is 4.31 Å². The van der Waals surface area contributed by atoms with Crippen molar-refractivity contribution in [1.29, 1.82) is 0 Å². The van der Waals surface area contributed by atoms with Crippen LogP contribution >= 0.6 is 0 Å². The van der Waals surface area contributed by atoms with Crippen LogP contribution in [0.2, 0.25) is 0 Å². The largest absolute Gasteiger partial charge is 0.493 e. The average Bonchev–Trinajstić information content (AvgIpc) is 3.34. The molecular weight excluding hydrogens is 540 g/mol. The molecule has 2 heterocycles. The molecule has 2 aromatic carbocycles. The Labute approximate surface area is 243 Å². The first-order valence-corrected chi connectivity index (χ1v) is 16.4. The zero-order valence-electron chi connectivity index (χ0n) is 24.2. The number of benzene rings is 2. The number of oxazole rings is 1. The van der Waals surface area contributed by atoms with Crippen LogP contribution in [-0.4, -0.2) is 47.7 Å². The van der Waals surface area contributed by atoms with Crippen LogP contribution in [0.5, 0.6) is 5.75 Å². The number of nitrogens with zero attached hydrogens (tertiary/aromatic N) is 2. The lowest BCUT2D eigenvalue weighted by Gasteiger charge is -2.31. The van der Waals surface area contributed by atoms with Crippen molar-refractivity contribution in [1.82, 2.24) is 9.29 Å². The fraction of sp³-hybridized carbons (Fsp3) is 0.500. The zero-order valence-corrected chi connectivity index (χ0v) is 25.0. The van der Waals surface area contributed by atoms with Crippen molar-refractivity contribution >= 4 is 16.0 Å². The van der Waals surface area contributed by atoms with Crippen LogP contribution in [0.1, 0.15) is 80.0 Å². The number of carboxylic acids is 1. The summed E-state index contributed by atoms with van der Waals surface area (Å²) >= 11 is 0. The molecule has 1 aromatic heterocycles. The van der Waals surface area contributed by atoms with E-state index in [1.165, 1.54) is 6.42 Å². The molecule has 0 amide bonds. The number of hydrogen-bond donors (Lipinski definition) is 1. The number of aryl methyl sites for hydroxylation is 2. The van der Waals surface area contributed by atoms with E-state index >= 15 is 0 Å². The Morgan fingerprint density at radius 3 is 2.54 bits per heavy atom. The maximum absolute atomic E-state index is 13.2. The highest BCUT2D eigenvalue weighted by Crippen LogP contribution is 2.33. The fourth-order valence-corrected chi connectivity index (χ4v) is 6.87. The van der Waals surface area contributed by atoms with Crippen LogP contribution in [0.4, 0.5) is 0 Å². The molecule has 9 heteroatoms. The number of carbonyl (C=O) groups is 1. The first-order chi connectivity index (χ1) is 19.8. The van der Waals surface area contributed by atoms with Crippen LogP contribution in [0.15, 0.2) is 46.9 Å². The summed E-state index contributed by atoms with van der Waals surface area (Å²) < 4.78 is 40.1. The fourth-order valence-electron chi connectivity index (χ4n) is 5.35. The Balaban J connectivity index is 1.44. The molecule has 1 N–H and O–H groups in total. The number of ether oxygens (including phenoxy) is 1. The van der Waals surface area contributed by atoms with Gasteiger partial charge < -0.3 is 14.3 Å². The van der Waals surface area contributed by atoms with Gasteiger partial charge in [0.15, 0.2) is 0 Å². The second-order valence-corrected chi connectivity index (χ2v) is 12.8. The maximum atomic E-state index is 13.2. The normalized spacial score (nSPS) is 13.7. The van der Waals surface area contributed by atoms with Gasteiger partial charge in [0.2, 0.25) is 15.9 Å². The number of fused-ring (bicyclic) bond motifs is 1. The summed E-state index contributed by atoms with van der Waals surface area (Å²) in [6.07, 6.45) is 7.58. The first-order valence-electron chi connectivity index (χ1n) is 14.8. The van der Waals surface area contributed by atoms with E-state index in [0.717, 1.165) is 65.1 Å². The van der Waals surface area contributed by atoms with Crippen LogP contribution in [0.3, 0.4) is 0 Å². The number of hydrogen-bond acceptors (Lipinski definition) is 6. The molecule has 0 saturated heterocycles. The van der Waals surface area contributed by atoms with E-state index in [4.69, 9.17) is 9.15 Å². The summed E-state index contributed by atoms with van der Waals surface area (Å²) in [5, 5.41) is 9.27. The molecule has 222 valence electrons. The molecule has 1 aliphatic heterocycles. The standard InChI is InChI=1S/C32H42N2O6S/c1-3-4-5-6-7-11-22-41(37,38)34-20-18-27-28(23-34)25(15-17-31(35)36)14-16-30(27)39-21-19-29-24(2)40-32(33-29)26-12-9-8-10-13-26/h8-10,12-14,16H,3-7,11,15,17-23H2,1-2H3,(H,35,36). The summed E-state index contributed by atoms with van der Waals surface area (Å²) in [6, 6.07) is 13.5. The Bertz CT molecular complexity index is 1400. The highest BCUT2D eigenvalue weighted by atomic mass is 32.2. The van der Waals surface area contributed by atoms with Gasteiger partial charge in [0.25, 0.3) is 0 Å². The first kappa shape index (κ1) is 30.8. The van der Waals surface area contributed by atoms with Crippen molar-refractivity contribution in [3.63, 3.8) is 0 Å². The van der Waals surface area contributed by atoms with Gasteiger partial charge in [-0.3, -0.25) is 4.79 Å². The number of rotatable bonds is 16. The van der Waals surface area contributed by atoms with Gasteiger partial charge in [0.05, 0.1) is 18.1 Å². The van der Waals surface area contributed by atoms with Gasteiger partial charge >= 0.3 is 5.97 Å². The summed E-state index contributed by atoms with van der Waals surface area (Å²) in [5.74, 6) is 1.33. The molecule has 0 atom stereocenters. The predicted molar refractivity (Wildman–Crippen MR) is 160 cm³/mol. The van der Waals surface area contributed by atoms with Gasteiger partial charge in [-0.05, 0) is 55.5 Å². The Hall–Kier alpha value is -3.17. The topological polar surface area (TPSA) is 110 Å². The van der Waals surface area contributed by atoms with Gasteiger partial charge in [0, 0.05) is 37.1 Å². The third-order valence-electron chi connectivity index (χ3n) is 7.70. The van der Waals surface area contributed by atoms with Crippen LogP contribution < -0.4 is 4.74 Å². The van der Waals surface area contributed by atoms with Crippen molar-refractivity contribution in [2.45, 2.75) is 84.6 Å². The van der Waals surface area contributed by atoms with E-state index in [1.807, 2.05) is 49.4 Å². The highest BCUT2D eigenvalue weighted by Gasteiger charge is 2.29. The number of carboxylic acid groups (broad SMARTS) is 1. The molecule has 0 aliphatic carbocycles. The molecule has 0 unspecified atom stereocenters. The highest BCUT2D eigenvalue weighted by molar-refractivity contribution is 7.89. The van der Waals surface area contributed by atoms with Gasteiger partial charge in [-0.15, -0.1) is 0 Å². The van der Waals surface area contributed by atoms with Crippen molar-refractivity contribution in [3.05, 3.63) is 70.6 Å². The molecule has 41 heavy (non-hydrogen) atoms. The van der Waals surface area contributed by atoms with E-state index in [-0.39, 0.29) is 18.7 Å². The number of unbranched alkanes of at least 4 members (excludes halogenated alkanes) is 5. The van der Waals surface area contributed by atoms with Gasteiger partial charge in [-0.1, -0.05) is 63.3 Å². The second-order valence-electron chi connectivity index (χ2n) is 10.7. The summed E-state index contributed by atoms with van der Waals surface area (Å²) in [7, 11) is -3.40. The van der Waals surface area contributed by atoms with Gasteiger partial charge in [-0.2, -0.15) is 4.31 Å². The van der Waals surface area contributed by atoms with Gasteiger partial charge in [-0.25, -0.2) is 13.4 Å². The van der Waals surface area contributed by atoms with E-state index in [2.05, 4.69) is 11.9 Å². The Morgan fingerprint density at radius 1 is 1.02 bits per heavy atom. The van der Waals surface area contributed by atoms with Crippen LogP contribution in [-0.2, 0) is 40.6 Å². The Kier molecular flexibility index (Phi) is 11.0. The molecule has 0 radical (unpaired) electrons. The Morgan fingerprint density at radius 2 is 1.78 bits per heavy atom. The quantitative estimate of drug-likeness (QED) is 0.196. The molecule has 8 nitrogen and oxygen atoms in total. The van der Waals surface area contributed by atoms with Crippen LogP contribution in [0.25, 0.3) is 11.5 Å². The maximum Gasteiger partial charge on any atom is 0.303 e.